The molecule has 0 saturated carbocycles. The van der Waals surface area contributed by atoms with Crippen LogP contribution in [-0.2, 0) is 4.79 Å². The molecule has 4 rings (SSSR count). The van der Waals surface area contributed by atoms with Gasteiger partial charge in [0.25, 0.3) is 5.91 Å². The fraction of sp³-hybridized carbons (Fsp3) is 0.174. The summed E-state index contributed by atoms with van der Waals surface area (Å²) in [5, 5.41) is 12.5. The predicted molar refractivity (Wildman–Crippen MR) is 119 cm³/mol. The molecule has 12 heteroatoms. The van der Waals surface area contributed by atoms with E-state index < -0.39 is 29.9 Å². The number of benzene rings is 2. The number of hydrogen-bond donors (Lipinski definition) is 3. The number of amides is 1. The number of imidazole rings is 1. The topological polar surface area (TPSA) is 115 Å². The fourth-order valence-electron chi connectivity index (χ4n) is 3.71. The molecule has 4 N–H and O–H groups in total. The Bertz CT molecular complexity index is 1430. The number of nitrogen functional groups attached to an aromatic ring is 1. The lowest BCUT2D eigenvalue weighted by atomic mass is 10.1. The van der Waals surface area contributed by atoms with Gasteiger partial charge in [-0.3, -0.25) is 9.20 Å². The Morgan fingerprint density at radius 3 is 2.63 bits per heavy atom. The maximum absolute atomic E-state index is 13.4. The molecule has 1 unspecified atom stereocenters. The molecule has 0 bridgehead atoms. The molecule has 0 aliphatic carbocycles. The van der Waals surface area contributed by atoms with E-state index in [0.29, 0.717) is 17.0 Å². The standard InChI is InChI=1S/C23H19F4N5O3/c1-11-10-29-21(28)19-18(30-12(2)32(11)19)16-7-6-15(9-17(16)35-23(25,26)27)31-22(34)20(33)13-4-3-5-14(24)8-13/h3-10,20,33H,1-2H3,(H2,28,29)(H,31,34). The van der Waals surface area contributed by atoms with Gasteiger partial charge in [-0.1, -0.05) is 12.1 Å². The van der Waals surface area contributed by atoms with Gasteiger partial charge in [0.1, 0.15) is 34.4 Å². The lowest BCUT2D eigenvalue weighted by Crippen LogP contribution is -2.21. The van der Waals surface area contributed by atoms with E-state index in [4.69, 9.17) is 5.73 Å². The summed E-state index contributed by atoms with van der Waals surface area (Å²) >= 11 is 0. The SMILES string of the molecule is Cc1cnc(N)c2c(-c3ccc(NC(=O)C(O)c4cccc(F)c4)cc3OC(F)(F)F)nc(C)n12. The first-order valence-corrected chi connectivity index (χ1v) is 10.2. The van der Waals surface area contributed by atoms with Gasteiger partial charge in [-0.2, -0.15) is 0 Å². The molecule has 1 amide bonds. The van der Waals surface area contributed by atoms with Gasteiger partial charge in [-0.05, 0) is 43.7 Å². The molecule has 1 atom stereocenters. The van der Waals surface area contributed by atoms with E-state index in [1.54, 1.807) is 18.2 Å². The van der Waals surface area contributed by atoms with Crippen LogP contribution in [0.1, 0.15) is 23.2 Å². The number of halogens is 4. The highest BCUT2D eigenvalue weighted by Crippen LogP contribution is 2.39. The van der Waals surface area contributed by atoms with Crippen LogP contribution in [0.25, 0.3) is 16.8 Å². The largest absolute Gasteiger partial charge is 0.573 e. The van der Waals surface area contributed by atoms with Crippen LogP contribution in [0, 0.1) is 19.7 Å². The normalized spacial score (nSPS) is 12.5. The Morgan fingerprint density at radius 2 is 1.94 bits per heavy atom. The summed E-state index contributed by atoms with van der Waals surface area (Å²) in [5.41, 5.74) is 6.90. The number of ether oxygens (including phenoxy) is 1. The number of aromatic nitrogens is 3. The number of carbonyl (C=O) groups excluding carboxylic acids is 1. The molecule has 2 aromatic heterocycles. The molecular formula is C23H19F4N5O3. The third-order valence-corrected chi connectivity index (χ3v) is 5.17. The van der Waals surface area contributed by atoms with Crippen LogP contribution in [-0.4, -0.2) is 31.7 Å². The molecule has 0 saturated heterocycles. The van der Waals surface area contributed by atoms with E-state index >= 15 is 0 Å². The lowest BCUT2D eigenvalue weighted by molar-refractivity contribution is -0.274. The van der Waals surface area contributed by atoms with Gasteiger partial charge >= 0.3 is 6.36 Å². The van der Waals surface area contributed by atoms with Gasteiger partial charge in [-0.15, -0.1) is 13.2 Å². The Balaban J connectivity index is 1.75. The van der Waals surface area contributed by atoms with Crippen LogP contribution in [0.3, 0.4) is 0 Å². The minimum absolute atomic E-state index is 0.0239. The maximum Gasteiger partial charge on any atom is 0.573 e. The average Bonchev–Trinajstić information content (AvgIpc) is 3.13. The Kier molecular flexibility index (Phi) is 6.07. The molecule has 0 aliphatic heterocycles. The van der Waals surface area contributed by atoms with E-state index in [9.17, 15) is 27.5 Å². The van der Waals surface area contributed by atoms with Crippen molar-refractivity contribution in [3.8, 4) is 17.0 Å². The highest BCUT2D eigenvalue weighted by Gasteiger charge is 2.33. The zero-order chi connectivity index (χ0) is 25.5. The summed E-state index contributed by atoms with van der Waals surface area (Å²) < 4.78 is 59.0. The molecule has 2 aromatic carbocycles. The molecule has 35 heavy (non-hydrogen) atoms. The molecule has 8 nitrogen and oxygen atoms in total. The fourth-order valence-corrected chi connectivity index (χ4v) is 3.71. The Hall–Kier alpha value is -4.19. The molecule has 0 radical (unpaired) electrons. The summed E-state index contributed by atoms with van der Waals surface area (Å²) in [6.07, 6.45) is -5.30. The van der Waals surface area contributed by atoms with E-state index in [1.807, 2.05) is 0 Å². The third kappa shape index (κ3) is 4.87. The number of alkyl halides is 3. The second-order valence-corrected chi connectivity index (χ2v) is 7.68. The molecular weight excluding hydrogens is 470 g/mol. The number of aliphatic hydroxyl groups is 1. The third-order valence-electron chi connectivity index (χ3n) is 5.17. The van der Waals surface area contributed by atoms with Crippen molar-refractivity contribution in [2.75, 3.05) is 11.1 Å². The first-order chi connectivity index (χ1) is 16.4. The zero-order valence-corrected chi connectivity index (χ0v) is 18.4. The number of nitrogens with one attached hydrogen (secondary N) is 1. The summed E-state index contributed by atoms with van der Waals surface area (Å²) in [6.45, 7) is 3.41. The number of rotatable bonds is 5. The zero-order valence-electron chi connectivity index (χ0n) is 18.4. The molecule has 0 fully saturated rings. The Labute approximate surface area is 196 Å². The van der Waals surface area contributed by atoms with E-state index in [-0.39, 0.29) is 28.3 Å². The average molecular weight is 489 g/mol. The minimum atomic E-state index is -5.05. The monoisotopic (exact) mass is 489 g/mol. The van der Waals surface area contributed by atoms with E-state index in [0.717, 1.165) is 18.2 Å². The van der Waals surface area contributed by atoms with Crippen LogP contribution >= 0.6 is 0 Å². The van der Waals surface area contributed by atoms with Gasteiger partial charge in [0.15, 0.2) is 6.10 Å². The van der Waals surface area contributed by atoms with Gasteiger partial charge in [0, 0.05) is 29.2 Å². The molecule has 182 valence electrons. The van der Waals surface area contributed by atoms with Gasteiger partial charge in [-0.25, -0.2) is 14.4 Å². The van der Waals surface area contributed by atoms with Crippen LogP contribution in [0.4, 0.5) is 29.1 Å². The van der Waals surface area contributed by atoms with Gasteiger partial charge < -0.3 is 20.9 Å². The van der Waals surface area contributed by atoms with Crippen molar-refractivity contribution >= 4 is 22.9 Å². The molecule has 2 heterocycles. The van der Waals surface area contributed by atoms with Crippen LogP contribution in [0.15, 0.2) is 48.7 Å². The van der Waals surface area contributed by atoms with Crippen molar-refractivity contribution in [1.82, 2.24) is 14.4 Å². The quantitative estimate of drug-likeness (QED) is 0.360. The number of aliphatic hydroxyl groups excluding tert-OH is 1. The summed E-state index contributed by atoms with van der Waals surface area (Å²) in [7, 11) is 0. The summed E-state index contributed by atoms with van der Waals surface area (Å²) in [4.78, 5) is 20.9. The summed E-state index contributed by atoms with van der Waals surface area (Å²) in [5.74, 6) is -1.77. The summed E-state index contributed by atoms with van der Waals surface area (Å²) in [6, 6.07) is 8.28. The second-order valence-electron chi connectivity index (χ2n) is 7.68. The highest BCUT2D eigenvalue weighted by atomic mass is 19.4. The second kappa shape index (κ2) is 8.87. The molecule has 4 aromatic rings. The van der Waals surface area contributed by atoms with Crippen molar-refractivity contribution in [3.05, 3.63) is 71.6 Å². The van der Waals surface area contributed by atoms with Crippen molar-refractivity contribution in [2.45, 2.75) is 26.3 Å². The van der Waals surface area contributed by atoms with Crippen molar-refractivity contribution in [3.63, 3.8) is 0 Å². The number of nitrogens with two attached hydrogens (primary N) is 1. The van der Waals surface area contributed by atoms with E-state index in [2.05, 4.69) is 20.0 Å². The van der Waals surface area contributed by atoms with Gasteiger partial charge in [0.05, 0.1) is 0 Å². The maximum atomic E-state index is 13.4. The number of fused-ring (bicyclic) bond motifs is 1. The number of nitrogens with zero attached hydrogens (tertiary/aromatic N) is 3. The first kappa shape index (κ1) is 24.0. The smallest absolute Gasteiger partial charge is 0.405 e. The number of hydrogen-bond acceptors (Lipinski definition) is 6. The van der Waals surface area contributed by atoms with E-state index in [1.165, 1.54) is 30.5 Å². The Morgan fingerprint density at radius 1 is 1.20 bits per heavy atom. The van der Waals surface area contributed by atoms with Crippen molar-refractivity contribution < 1.29 is 32.2 Å². The predicted octanol–water partition coefficient (Wildman–Crippen LogP) is 4.31. The number of aryl methyl sites for hydroxylation is 2. The first-order valence-electron chi connectivity index (χ1n) is 10.2. The van der Waals surface area contributed by atoms with Crippen LogP contribution in [0.2, 0.25) is 0 Å². The highest BCUT2D eigenvalue weighted by molar-refractivity contribution is 5.96. The van der Waals surface area contributed by atoms with Gasteiger partial charge in [0.2, 0.25) is 0 Å². The van der Waals surface area contributed by atoms with Crippen molar-refractivity contribution in [2.24, 2.45) is 0 Å². The number of carbonyl (C=O) groups is 1. The lowest BCUT2D eigenvalue weighted by Gasteiger charge is -2.16. The molecule has 0 spiro atoms. The van der Waals surface area contributed by atoms with Crippen molar-refractivity contribution in [1.29, 1.82) is 0 Å². The van der Waals surface area contributed by atoms with Crippen LogP contribution in [0.5, 0.6) is 5.75 Å². The molecule has 0 aliphatic rings. The minimum Gasteiger partial charge on any atom is -0.405 e. The number of anilines is 2. The van der Waals surface area contributed by atoms with Crippen LogP contribution < -0.4 is 15.8 Å².